The van der Waals surface area contributed by atoms with Crippen LogP contribution in [0.4, 0.5) is 10.5 Å². The normalized spacial score (nSPS) is 28.1. The number of nitrogens with one attached hydrogen (secondary N) is 1. The van der Waals surface area contributed by atoms with Crippen LogP contribution in [0.25, 0.3) is 0 Å². The number of benzene rings is 1. The van der Waals surface area contributed by atoms with E-state index in [9.17, 15) is 9.59 Å². The summed E-state index contributed by atoms with van der Waals surface area (Å²) in [5.74, 6) is -0.0427. The molecule has 3 unspecified atom stereocenters. The summed E-state index contributed by atoms with van der Waals surface area (Å²) in [5.41, 5.74) is 0.878. The van der Waals surface area contributed by atoms with Gasteiger partial charge in [0.15, 0.2) is 0 Å². The average Bonchev–Trinajstić information content (AvgIpc) is 2.88. The van der Waals surface area contributed by atoms with E-state index in [0.29, 0.717) is 26.1 Å². The van der Waals surface area contributed by atoms with Gasteiger partial charge in [-0.1, -0.05) is 18.2 Å². The summed E-state index contributed by atoms with van der Waals surface area (Å²) >= 11 is 0. The lowest BCUT2D eigenvalue weighted by molar-refractivity contribution is -0.118. The number of carbonyl (C=O) groups excluding carboxylic acids is 2. The zero-order chi connectivity index (χ0) is 16.4. The Kier molecular flexibility index (Phi) is 4.52. The molecule has 3 amide bonds. The van der Waals surface area contributed by atoms with Crippen LogP contribution >= 0.6 is 0 Å². The number of amides is 3. The third-order valence-corrected chi connectivity index (χ3v) is 4.28. The van der Waals surface area contributed by atoms with E-state index < -0.39 is 6.04 Å². The van der Waals surface area contributed by atoms with Crippen molar-refractivity contribution in [2.75, 3.05) is 24.5 Å². The van der Waals surface area contributed by atoms with E-state index in [-0.39, 0.29) is 24.1 Å². The Morgan fingerprint density at radius 3 is 2.48 bits per heavy atom. The van der Waals surface area contributed by atoms with Crippen LogP contribution in [-0.4, -0.2) is 54.7 Å². The predicted molar refractivity (Wildman–Crippen MR) is 87.3 cm³/mol. The van der Waals surface area contributed by atoms with Gasteiger partial charge in [0.2, 0.25) is 5.91 Å². The van der Waals surface area contributed by atoms with E-state index in [0.717, 1.165) is 5.69 Å². The lowest BCUT2D eigenvalue weighted by Gasteiger charge is -2.35. The number of hydrogen-bond acceptors (Lipinski definition) is 3. The van der Waals surface area contributed by atoms with Gasteiger partial charge in [-0.05, 0) is 32.4 Å². The van der Waals surface area contributed by atoms with Crippen LogP contribution in [-0.2, 0) is 9.53 Å². The van der Waals surface area contributed by atoms with Crippen LogP contribution in [0.5, 0.6) is 0 Å². The summed E-state index contributed by atoms with van der Waals surface area (Å²) in [5, 5.41) is 2.88. The minimum absolute atomic E-state index is 0.0181. The monoisotopic (exact) mass is 317 g/mol. The molecule has 0 aromatic heterocycles. The molecule has 23 heavy (non-hydrogen) atoms. The van der Waals surface area contributed by atoms with E-state index in [1.807, 2.05) is 44.2 Å². The lowest BCUT2D eigenvalue weighted by Crippen LogP contribution is -2.54. The molecule has 0 spiro atoms. The molecule has 0 aliphatic carbocycles. The van der Waals surface area contributed by atoms with Gasteiger partial charge in [-0.2, -0.15) is 0 Å². The molecule has 3 rings (SSSR count). The minimum Gasteiger partial charge on any atom is -0.372 e. The number of rotatable bonds is 2. The first-order valence-electron chi connectivity index (χ1n) is 8.12. The van der Waals surface area contributed by atoms with Crippen molar-refractivity contribution in [3.05, 3.63) is 30.3 Å². The van der Waals surface area contributed by atoms with Gasteiger partial charge in [0.05, 0.1) is 12.2 Å². The lowest BCUT2D eigenvalue weighted by atomic mass is 10.2. The number of morpholine rings is 1. The highest BCUT2D eigenvalue weighted by atomic mass is 16.5. The molecule has 0 saturated carbocycles. The Balaban J connectivity index is 1.60. The highest BCUT2D eigenvalue weighted by Crippen LogP contribution is 2.21. The molecule has 124 valence electrons. The zero-order valence-electron chi connectivity index (χ0n) is 13.6. The molecule has 0 bridgehead atoms. The van der Waals surface area contributed by atoms with E-state index in [4.69, 9.17) is 4.74 Å². The molecular formula is C17H23N3O3. The first-order chi connectivity index (χ1) is 11.0. The Labute approximate surface area is 136 Å². The third-order valence-electron chi connectivity index (χ3n) is 4.28. The molecule has 1 aromatic carbocycles. The molecule has 0 radical (unpaired) electrons. The fourth-order valence-corrected chi connectivity index (χ4v) is 3.26. The summed E-state index contributed by atoms with van der Waals surface area (Å²) in [6.07, 6.45) is 0.670. The molecule has 2 fully saturated rings. The molecule has 2 saturated heterocycles. The van der Waals surface area contributed by atoms with Crippen LogP contribution in [0.2, 0.25) is 0 Å². The standard InChI is InChI=1S/C17H23N3O3/c1-12-10-19(11-13(2)23-12)17(22)18-15-8-9-20(16(15)21)14-6-4-3-5-7-14/h3-7,12-13,15H,8-11H2,1-2H3,(H,18,22). The second-order valence-electron chi connectivity index (χ2n) is 6.28. The third kappa shape index (κ3) is 3.47. The highest BCUT2D eigenvalue weighted by Gasteiger charge is 2.35. The molecule has 1 aromatic rings. The number of urea groups is 1. The number of hydrogen-bond donors (Lipinski definition) is 1. The van der Waals surface area contributed by atoms with E-state index in [2.05, 4.69) is 5.32 Å². The quantitative estimate of drug-likeness (QED) is 0.901. The number of anilines is 1. The molecular weight excluding hydrogens is 294 g/mol. The summed E-state index contributed by atoms with van der Waals surface area (Å²) < 4.78 is 5.64. The van der Waals surface area contributed by atoms with Gasteiger partial charge in [0, 0.05) is 25.3 Å². The first kappa shape index (κ1) is 15.8. The Bertz CT molecular complexity index is 568. The largest absolute Gasteiger partial charge is 0.372 e. The number of para-hydroxylation sites is 1. The van der Waals surface area contributed by atoms with Crippen molar-refractivity contribution in [3.8, 4) is 0 Å². The van der Waals surface area contributed by atoms with Crippen molar-refractivity contribution in [1.29, 1.82) is 0 Å². The van der Waals surface area contributed by atoms with Gasteiger partial charge in [-0.3, -0.25) is 4.79 Å². The summed E-state index contributed by atoms with van der Waals surface area (Å²) in [7, 11) is 0. The maximum Gasteiger partial charge on any atom is 0.318 e. The van der Waals surface area contributed by atoms with Crippen LogP contribution in [0.3, 0.4) is 0 Å². The number of nitrogens with zero attached hydrogens (tertiary/aromatic N) is 2. The second kappa shape index (κ2) is 6.58. The Morgan fingerprint density at radius 1 is 1.17 bits per heavy atom. The average molecular weight is 317 g/mol. The van der Waals surface area contributed by atoms with Crippen molar-refractivity contribution < 1.29 is 14.3 Å². The zero-order valence-corrected chi connectivity index (χ0v) is 13.6. The van der Waals surface area contributed by atoms with Gasteiger partial charge in [0.25, 0.3) is 0 Å². The van der Waals surface area contributed by atoms with Crippen molar-refractivity contribution in [2.24, 2.45) is 0 Å². The number of ether oxygens (including phenoxy) is 1. The predicted octanol–water partition coefficient (Wildman–Crippen LogP) is 1.61. The van der Waals surface area contributed by atoms with Gasteiger partial charge >= 0.3 is 6.03 Å². The molecule has 2 heterocycles. The van der Waals surface area contributed by atoms with Crippen LogP contribution in [0.1, 0.15) is 20.3 Å². The van der Waals surface area contributed by atoms with Gasteiger partial charge < -0.3 is 19.9 Å². The summed E-state index contributed by atoms with van der Waals surface area (Å²) in [6.45, 7) is 5.64. The summed E-state index contributed by atoms with van der Waals surface area (Å²) in [6, 6.07) is 8.93. The molecule has 3 atom stereocenters. The smallest absolute Gasteiger partial charge is 0.318 e. The van der Waals surface area contributed by atoms with E-state index >= 15 is 0 Å². The summed E-state index contributed by atoms with van der Waals surface area (Å²) in [4.78, 5) is 28.4. The molecule has 2 aliphatic heterocycles. The molecule has 6 nitrogen and oxygen atoms in total. The van der Waals surface area contributed by atoms with E-state index in [1.54, 1.807) is 9.80 Å². The molecule has 1 N–H and O–H groups in total. The van der Waals surface area contributed by atoms with Crippen molar-refractivity contribution in [1.82, 2.24) is 10.2 Å². The van der Waals surface area contributed by atoms with Crippen LogP contribution < -0.4 is 10.2 Å². The second-order valence-corrected chi connectivity index (χ2v) is 6.28. The number of carbonyl (C=O) groups is 2. The van der Waals surface area contributed by atoms with Crippen molar-refractivity contribution >= 4 is 17.6 Å². The molecule has 2 aliphatic rings. The fraction of sp³-hybridized carbons (Fsp3) is 0.529. The minimum atomic E-state index is -0.448. The Morgan fingerprint density at radius 2 is 1.83 bits per heavy atom. The SMILES string of the molecule is CC1CN(C(=O)NC2CCN(c3ccccc3)C2=O)CC(C)O1. The molecule has 6 heteroatoms. The van der Waals surface area contributed by atoms with Gasteiger partial charge in [0.1, 0.15) is 6.04 Å². The van der Waals surface area contributed by atoms with Crippen molar-refractivity contribution in [2.45, 2.75) is 38.5 Å². The van der Waals surface area contributed by atoms with Crippen molar-refractivity contribution in [3.63, 3.8) is 0 Å². The fourth-order valence-electron chi connectivity index (χ4n) is 3.26. The first-order valence-corrected chi connectivity index (χ1v) is 8.12. The van der Waals surface area contributed by atoms with Gasteiger partial charge in [-0.15, -0.1) is 0 Å². The maximum atomic E-state index is 12.5. The van der Waals surface area contributed by atoms with Crippen LogP contribution in [0, 0.1) is 0 Å². The Hall–Kier alpha value is -2.08. The van der Waals surface area contributed by atoms with Gasteiger partial charge in [-0.25, -0.2) is 4.79 Å². The van der Waals surface area contributed by atoms with Crippen LogP contribution in [0.15, 0.2) is 30.3 Å². The highest BCUT2D eigenvalue weighted by molar-refractivity contribution is 6.01. The van der Waals surface area contributed by atoms with E-state index in [1.165, 1.54) is 0 Å². The maximum absolute atomic E-state index is 12.5. The topological polar surface area (TPSA) is 61.9 Å².